The minimum Gasteiger partial charge on any atom is -0.458 e. The first-order valence-corrected chi connectivity index (χ1v) is 8.47. The van der Waals surface area contributed by atoms with Crippen LogP contribution in [0, 0.1) is 0 Å². The summed E-state index contributed by atoms with van der Waals surface area (Å²) < 4.78 is 5.21. The second-order valence-electron chi connectivity index (χ2n) is 5.40. The summed E-state index contributed by atoms with van der Waals surface area (Å²) in [6, 6.07) is 5.54. The molecule has 0 unspecified atom stereocenters. The molecule has 124 valence electrons. The summed E-state index contributed by atoms with van der Waals surface area (Å²) in [7, 11) is 0. The van der Waals surface area contributed by atoms with Gasteiger partial charge in [0, 0.05) is 5.38 Å². The van der Waals surface area contributed by atoms with Crippen molar-refractivity contribution in [2.45, 2.75) is 32.9 Å². The number of fused-ring (bicyclic) bond motifs is 1. The van der Waals surface area contributed by atoms with E-state index in [1.54, 1.807) is 24.3 Å². The molecule has 0 bridgehead atoms. The molecule has 0 spiro atoms. The first-order valence-electron chi connectivity index (χ1n) is 7.59. The number of rotatable bonds is 5. The maximum absolute atomic E-state index is 12.4. The number of benzene rings is 1. The molecule has 0 N–H and O–H groups in total. The van der Waals surface area contributed by atoms with Crippen LogP contribution in [-0.2, 0) is 22.6 Å². The zero-order valence-electron chi connectivity index (χ0n) is 13.3. The monoisotopic (exact) mass is 344 g/mol. The largest absolute Gasteiger partial charge is 0.458 e. The molecule has 7 heteroatoms. The summed E-state index contributed by atoms with van der Waals surface area (Å²) in [5.74, 6) is -1.57. The fourth-order valence-corrected chi connectivity index (χ4v) is 3.24. The molecule has 2 amide bonds. The van der Waals surface area contributed by atoms with Crippen molar-refractivity contribution in [2.75, 3.05) is 0 Å². The molecule has 1 aromatic carbocycles. The Morgan fingerprint density at radius 1 is 1.25 bits per heavy atom. The van der Waals surface area contributed by atoms with Gasteiger partial charge in [-0.05, 0) is 25.5 Å². The number of amides is 2. The predicted octanol–water partition coefficient (Wildman–Crippen LogP) is 2.43. The predicted molar refractivity (Wildman–Crippen MR) is 87.7 cm³/mol. The Labute approximate surface area is 143 Å². The Hall–Kier alpha value is -2.54. The lowest BCUT2D eigenvalue weighted by Gasteiger charge is -2.20. The van der Waals surface area contributed by atoms with Crippen LogP contribution in [0.4, 0.5) is 0 Å². The van der Waals surface area contributed by atoms with E-state index in [-0.39, 0.29) is 6.61 Å². The number of thiazole rings is 1. The molecule has 0 radical (unpaired) electrons. The lowest BCUT2D eigenvalue weighted by molar-refractivity contribution is -0.149. The molecule has 6 nitrogen and oxygen atoms in total. The lowest BCUT2D eigenvalue weighted by atomic mass is 10.1. The molecular weight excluding hydrogens is 328 g/mol. The van der Waals surface area contributed by atoms with Gasteiger partial charge in [0.2, 0.25) is 0 Å². The molecule has 2 aromatic rings. The number of ether oxygens (including phenoxy) is 1. The number of aromatic nitrogens is 1. The fraction of sp³-hybridized carbons (Fsp3) is 0.294. The number of esters is 1. The number of nitrogens with zero attached hydrogens (tertiary/aromatic N) is 2. The van der Waals surface area contributed by atoms with E-state index in [1.807, 2.05) is 12.3 Å². The van der Waals surface area contributed by atoms with E-state index in [0.29, 0.717) is 16.8 Å². The Morgan fingerprint density at radius 2 is 1.88 bits per heavy atom. The van der Waals surface area contributed by atoms with Gasteiger partial charge in [-0.25, -0.2) is 9.78 Å². The summed E-state index contributed by atoms with van der Waals surface area (Å²) >= 11 is 1.51. The Balaban J connectivity index is 1.68. The van der Waals surface area contributed by atoms with Crippen molar-refractivity contribution >= 4 is 29.1 Å². The molecule has 0 aliphatic carbocycles. The molecule has 0 saturated carbocycles. The fourth-order valence-electron chi connectivity index (χ4n) is 2.51. The topological polar surface area (TPSA) is 76.6 Å². The van der Waals surface area contributed by atoms with Gasteiger partial charge in [0.15, 0.2) is 0 Å². The van der Waals surface area contributed by atoms with Gasteiger partial charge in [-0.15, -0.1) is 11.3 Å². The molecule has 1 aliphatic heterocycles. The third-order valence-electron chi connectivity index (χ3n) is 3.82. The second kappa shape index (κ2) is 6.52. The Bertz CT molecular complexity index is 779. The van der Waals surface area contributed by atoms with Crippen molar-refractivity contribution in [1.29, 1.82) is 0 Å². The van der Waals surface area contributed by atoms with Crippen LogP contribution in [0.1, 0.15) is 45.3 Å². The first kappa shape index (κ1) is 16.3. The molecular formula is C17H16N2O4S. The number of aryl methyl sites for hydroxylation is 1. The standard InChI is InChI=1S/C17H16N2O4S/c1-3-14-18-11(9-24-14)8-23-17(22)10(2)19-15(20)12-6-4-5-7-13(12)16(19)21/h4-7,9-10H,3,8H2,1-2H3/t10-/m1/s1. The Kier molecular flexibility index (Phi) is 4.44. The highest BCUT2D eigenvalue weighted by molar-refractivity contribution is 7.09. The molecule has 0 fully saturated rings. The summed E-state index contributed by atoms with van der Waals surface area (Å²) in [4.78, 5) is 42.2. The zero-order valence-corrected chi connectivity index (χ0v) is 14.1. The van der Waals surface area contributed by atoms with Crippen LogP contribution in [0.25, 0.3) is 0 Å². The average molecular weight is 344 g/mol. The molecule has 1 aliphatic rings. The smallest absolute Gasteiger partial charge is 0.329 e. The second-order valence-corrected chi connectivity index (χ2v) is 6.34. The van der Waals surface area contributed by atoms with E-state index in [9.17, 15) is 14.4 Å². The average Bonchev–Trinajstić information content (AvgIpc) is 3.16. The van der Waals surface area contributed by atoms with Gasteiger partial charge in [0.1, 0.15) is 12.6 Å². The summed E-state index contributed by atoms with van der Waals surface area (Å²) in [6.45, 7) is 3.52. The van der Waals surface area contributed by atoms with Crippen molar-refractivity contribution in [3.8, 4) is 0 Å². The SMILES string of the molecule is CCc1nc(COC(=O)[C@@H](C)N2C(=O)c3ccccc3C2=O)cs1. The lowest BCUT2D eigenvalue weighted by Crippen LogP contribution is -2.43. The van der Waals surface area contributed by atoms with Gasteiger partial charge >= 0.3 is 5.97 Å². The van der Waals surface area contributed by atoms with E-state index in [0.717, 1.165) is 16.3 Å². The quantitative estimate of drug-likeness (QED) is 0.615. The minimum atomic E-state index is -0.985. The number of carbonyl (C=O) groups excluding carboxylic acids is 3. The molecule has 0 saturated heterocycles. The minimum absolute atomic E-state index is 0.0306. The van der Waals surface area contributed by atoms with Crippen LogP contribution in [0.5, 0.6) is 0 Å². The number of hydrogen-bond donors (Lipinski definition) is 0. The van der Waals surface area contributed by atoms with Gasteiger partial charge in [0.25, 0.3) is 11.8 Å². The molecule has 1 atom stereocenters. The number of imide groups is 1. The van der Waals surface area contributed by atoms with Gasteiger partial charge in [0.05, 0.1) is 21.8 Å². The van der Waals surface area contributed by atoms with E-state index >= 15 is 0 Å². The highest BCUT2D eigenvalue weighted by Crippen LogP contribution is 2.25. The van der Waals surface area contributed by atoms with Gasteiger partial charge in [-0.1, -0.05) is 19.1 Å². The van der Waals surface area contributed by atoms with E-state index in [1.165, 1.54) is 18.3 Å². The summed E-state index contributed by atoms with van der Waals surface area (Å²) in [5.41, 5.74) is 1.29. The van der Waals surface area contributed by atoms with Gasteiger partial charge in [-0.3, -0.25) is 14.5 Å². The molecule has 1 aromatic heterocycles. The van der Waals surface area contributed by atoms with Crippen molar-refractivity contribution in [1.82, 2.24) is 9.88 Å². The van der Waals surface area contributed by atoms with Crippen LogP contribution >= 0.6 is 11.3 Å². The van der Waals surface area contributed by atoms with Crippen molar-refractivity contribution in [3.05, 3.63) is 51.5 Å². The highest BCUT2D eigenvalue weighted by Gasteiger charge is 2.41. The maximum atomic E-state index is 12.4. The Morgan fingerprint density at radius 3 is 2.42 bits per heavy atom. The van der Waals surface area contributed by atoms with Crippen LogP contribution in [-0.4, -0.2) is 33.7 Å². The van der Waals surface area contributed by atoms with E-state index < -0.39 is 23.8 Å². The van der Waals surface area contributed by atoms with E-state index in [2.05, 4.69) is 4.98 Å². The number of hydrogen-bond acceptors (Lipinski definition) is 6. The van der Waals surface area contributed by atoms with Gasteiger partial charge < -0.3 is 4.74 Å². The third kappa shape index (κ3) is 2.82. The third-order valence-corrected chi connectivity index (χ3v) is 4.86. The molecule has 24 heavy (non-hydrogen) atoms. The van der Waals surface area contributed by atoms with Crippen molar-refractivity contribution < 1.29 is 19.1 Å². The normalized spacial score (nSPS) is 14.7. The number of carbonyl (C=O) groups is 3. The van der Waals surface area contributed by atoms with E-state index in [4.69, 9.17) is 4.74 Å². The molecule has 3 rings (SSSR count). The van der Waals surface area contributed by atoms with Gasteiger partial charge in [-0.2, -0.15) is 0 Å². The zero-order chi connectivity index (χ0) is 17.3. The van der Waals surface area contributed by atoms with Crippen molar-refractivity contribution in [3.63, 3.8) is 0 Å². The highest BCUT2D eigenvalue weighted by atomic mass is 32.1. The first-order chi connectivity index (χ1) is 11.5. The summed E-state index contributed by atoms with van der Waals surface area (Å²) in [5, 5.41) is 2.80. The van der Waals surface area contributed by atoms with Crippen molar-refractivity contribution in [2.24, 2.45) is 0 Å². The molecule has 2 heterocycles. The summed E-state index contributed by atoms with van der Waals surface area (Å²) in [6.07, 6.45) is 0.823. The maximum Gasteiger partial charge on any atom is 0.329 e. The van der Waals surface area contributed by atoms with Crippen LogP contribution in [0.15, 0.2) is 29.6 Å². The van der Waals surface area contributed by atoms with Crippen LogP contribution in [0.3, 0.4) is 0 Å². The van der Waals surface area contributed by atoms with Crippen LogP contribution in [0.2, 0.25) is 0 Å². The van der Waals surface area contributed by atoms with Crippen LogP contribution < -0.4 is 0 Å².